The van der Waals surface area contributed by atoms with Gasteiger partial charge in [-0.05, 0) is 24.6 Å². The topological polar surface area (TPSA) is 64.3 Å². The van der Waals surface area contributed by atoms with Crippen molar-refractivity contribution in [1.29, 1.82) is 0 Å². The second-order valence-electron chi connectivity index (χ2n) is 4.90. The Kier molecular flexibility index (Phi) is 5.21. The van der Waals surface area contributed by atoms with E-state index in [0.717, 1.165) is 18.0 Å². The first-order chi connectivity index (χ1) is 10.1. The Balaban J connectivity index is 1.97. The number of nitrogens with two attached hydrogens (primary N) is 1. The zero-order valence-corrected chi connectivity index (χ0v) is 12.1. The number of primary amides is 1. The molecule has 0 atom stereocenters. The van der Waals surface area contributed by atoms with Crippen molar-refractivity contribution in [1.82, 2.24) is 0 Å². The summed E-state index contributed by atoms with van der Waals surface area (Å²) in [7, 11) is 0. The molecule has 3 N–H and O–H groups in total. The maximum absolute atomic E-state index is 10.7. The third-order valence-electron chi connectivity index (χ3n) is 3.06. The number of carbonyl (C=O) groups excluding carboxylic acids is 1. The number of carbonyl (C=O) groups is 1. The maximum atomic E-state index is 10.7. The molecule has 2 rings (SSSR count). The molecule has 0 heterocycles. The fourth-order valence-corrected chi connectivity index (χ4v) is 2.02. The quantitative estimate of drug-likeness (QED) is 0.821. The summed E-state index contributed by atoms with van der Waals surface area (Å²) in [5.41, 5.74) is 8.46. The van der Waals surface area contributed by atoms with Crippen LogP contribution < -0.4 is 15.8 Å². The molecule has 4 nitrogen and oxygen atoms in total. The van der Waals surface area contributed by atoms with Gasteiger partial charge in [0.15, 0.2) is 0 Å². The van der Waals surface area contributed by atoms with Gasteiger partial charge < -0.3 is 15.8 Å². The molecular formula is C17H20N2O2. The normalized spacial score (nSPS) is 10.1. The van der Waals surface area contributed by atoms with Crippen LogP contribution in [0.1, 0.15) is 17.5 Å². The molecule has 110 valence electrons. The number of hydrogen-bond acceptors (Lipinski definition) is 3. The van der Waals surface area contributed by atoms with E-state index in [9.17, 15) is 4.79 Å². The van der Waals surface area contributed by atoms with Crippen molar-refractivity contribution >= 4 is 11.6 Å². The predicted molar refractivity (Wildman–Crippen MR) is 84.3 cm³/mol. The largest absolute Gasteiger partial charge is 0.491 e. The lowest BCUT2D eigenvalue weighted by atomic mass is 10.1. The highest BCUT2D eigenvalue weighted by atomic mass is 16.5. The Morgan fingerprint density at radius 2 is 2.00 bits per heavy atom. The Morgan fingerprint density at radius 3 is 2.76 bits per heavy atom. The van der Waals surface area contributed by atoms with E-state index >= 15 is 0 Å². The molecule has 4 heteroatoms. The van der Waals surface area contributed by atoms with Crippen LogP contribution in [-0.4, -0.2) is 12.5 Å². The maximum Gasteiger partial charge on any atom is 0.220 e. The molecule has 0 aliphatic rings. The van der Waals surface area contributed by atoms with Crippen molar-refractivity contribution in [2.24, 2.45) is 5.73 Å². The molecule has 0 saturated carbocycles. The van der Waals surface area contributed by atoms with Gasteiger partial charge in [-0.15, -0.1) is 0 Å². The second kappa shape index (κ2) is 7.33. The average molecular weight is 284 g/mol. The highest BCUT2D eigenvalue weighted by Gasteiger charge is 2.04. The molecule has 0 fully saturated rings. The van der Waals surface area contributed by atoms with E-state index in [-0.39, 0.29) is 12.3 Å². The molecule has 21 heavy (non-hydrogen) atoms. The summed E-state index contributed by atoms with van der Waals surface area (Å²) in [5.74, 6) is 0.367. The highest BCUT2D eigenvalue weighted by Crippen LogP contribution is 2.24. The number of aryl methyl sites for hydroxylation is 1. The summed E-state index contributed by atoms with van der Waals surface area (Å²) < 4.78 is 5.60. The third-order valence-corrected chi connectivity index (χ3v) is 3.06. The van der Waals surface area contributed by atoms with Crippen LogP contribution in [0.3, 0.4) is 0 Å². The molecule has 2 aromatic carbocycles. The number of rotatable bonds is 7. The predicted octanol–water partition coefficient (Wildman–Crippen LogP) is 2.86. The van der Waals surface area contributed by atoms with Crippen LogP contribution in [0, 0.1) is 6.92 Å². The summed E-state index contributed by atoms with van der Waals surface area (Å²) in [6.07, 6.45) is 0.214. The Bertz CT molecular complexity index is 611. The fourth-order valence-electron chi connectivity index (χ4n) is 2.02. The minimum absolute atomic E-state index is 0.214. The van der Waals surface area contributed by atoms with Crippen LogP contribution in [-0.2, 0) is 11.3 Å². The molecule has 0 spiro atoms. The summed E-state index contributed by atoms with van der Waals surface area (Å²) in [4.78, 5) is 10.7. The monoisotopic (exact) mass is 284 g/mol. The molecule has 0 aliphatic carbocycles. The number of para-hydroxylation sites is 2. The van der Waals surface area contributed by atoms with Gasteiger partial charge in [-0.1, -0.05) is 42.0 Å². The second-order valence-corrected chi connectivity index (χ2v) is 4.90. The average Bonchev–Trinajstić information content (AvgIpc) is 2.46. The van der Waals surface area contributed by atoms with Crippen molar-refractivity contribution in [3.8, 4) is 5.75 Å². The first kappa shape index (κ1) is 14.9. The van der Waals surface area contributed by atoms with Crippen molar-refractivity contribution in [3.63, 3.8) is 0 Å². The van der Waals surface area contributed by atoms with Crippen LogP contribution in [0.25, 0.3) is 0 Å². The molecular weight excluding hydrogens is 264 g/mol. The van der Waals surface area contributed by atoms with Crippen LogP contribution in [0.5, 0.6) is 5.75 Å². The standard InChI is InChI=1S/C17H20N2O2/c1-13-5-4-6-14(11-13)12-19-15-7-2-3-8-16(15)21-10-9-17(18)20/h2-8,11,19H,9-10,12H2,1H3,(H2,18,20). The van der Waals surface area contributed by atoms with Gasteiger partial charge in [-0.2, -0.15) is 0 Å². The van der Waals surface area contributed by atoms with Crippen molar-refractivity contribution in [2.75, 3.05) is 11.9 Å². The van der Waals surface area contributed by atoms with E-state index in [1.54, 1.807) is 0 Å². The first-order valence-corrected chi connectivity index (χ1v) is 6.94. The van der Waals surface area contributed by atoms with E-state index in [4.69, 9.17) is 10.5 Å². The van der Waals surface area contributed by atoms with Crippen LogP contribution in [0.4, 0.5) is 5.69 Å². The number of nitrogens with one attached hydrogen (secondary N) is 1. The minimum atomic E-state index is -0.361. The molecule has 0 unspecified atom stereocenters. The van der Waals surface area contributed by atoms with E-state index < -0.39 is 0 Å². The number of ether oxygens (including phenoxy) is 1. The molecule has 0 radical (unpaired) electrons. The van der Waals surface area contributed by atoms with Crippen molar-refractivity contribution in [3.05, 3.63) is 59.7 Å². The zero-order chi connectivity index (χ0) is 15.1. The van der Waals surface area contributed by atoms with Gasteiger partial charge >= 0.3 is 0 Å². The number of hydrogen-bond donors (Lipinski definition) is 2. The summed E-state index contributed by atoms with van der Waals surface area (Å²) in [6, 6.07) is 16.0. The Labute approximate surface area is 124 Å². The molecule has 0 aliphatic heterocycles. The van der Waals surface area contributed by atoms with Gasteiger partial charge in [0.25, 0.3) is 0 Å². The molecule has 0 bridgehead atoms. The van der Waals surface area contributed by atoms with Crippen LogP contribution >= 0.6 is 0 Å². The SMILES string of the molecule is Cc1cccc(CNc2ccccc2OCCC(N)=O)c1. The van der Waals surface area contributed by atoms with E-state index in [0.29, 0.717) is 6.61 Å². The molecule has 0 saturated heterocycles. The summed E-state index contributed by atoms with van der Waals surface area (Å²) in [5, 5.41) is 3.35. The lowest BCUT2D eigenvalue weighted by Gasteiger charge is -2.13. The summed E-state index contributed by atoms with van der Waals surface area (Å²) >= 11 is 0. The van der Waals surface area contributed by atoms with Gasteiger partial charge in [0.2, 0.25) is 5.91 Å². The minimum Gasteiger partial charge on any atom is -0.491 e. The van der Waals surface area contributed by atoms with Gasteiger partial charge in [-0.3, -0.25) is 4.79 Å². The highest BCUT2D eigenvalue weighted by molar-refractivity contribution is 5.73. The van der Waals surface area contributed by atoms with Crippen LogP contribution in [0.2, 0.25) is 0 Å². The van der Waals surface area contributed by atoms with Gasteiger partial charge in [0, 0.05) is 6.54 Å². The fraction of sp³-hybridized carbons (Fsp3) is 0.235. The Morgan fingerprint density at radius 1 is 1.19 bits per heavy atom. The van der Waals surface area contributed by atoms with Gasteiger partial charge in [0.1, 0.15) is 5.75 Å². The van der Waals surface area contributed by atoms with E-state index in [1.807, 2.05) is 30.3 Å². The van der Waals surface area contributed by atoms with E-state index in [2.05, 4.69) is 30.4 Å². The lowest BCUT2D eigenvalue weighted by Crippen LogP contribution is -2.15. The van der Waals surface area contributed by atoms with Gasteiger partial charge in [-0.25, -0.2) is 0 Å². The molecule has 1 amide bonds. The number of anilines is 1. The number of benzene rings is 2. The van der Waals surface area contributed by atoms with Crippen LogP contribution in [0.15, 0.2) is 48.5 Å². The van der Waals surface area contributed by atoms with Gasteiger partial charge in [0.05, 0.1) is 18.7 Å². The third kappa shape index (κ3) is 4.84. The van der Waals surface area contributed by atoms with Crippen molar-refractivity contribution in [2.45, 2.75) is 19.9 Å². The number of amides is 1. The molecule has 2 aromatic rings. The summed E-state index contributed by atoms with van der Waals surface area (Å²) in [6.45, 7) is 3.08. The molecule has 0 aromatic heterocycles. The van der Waals surface area contributed by atoms with Crippen molar-refractivity contribution < 1.29 is 9.53 Å². The Hall–Kier alpha value is -2.49. The smallest absolute Gasteiger partial charge is 0.220 e. The first-order valence-electron chi connectivity index (χ1n) is 6.94. The zero-order valence-electron chi connectivity index (χ0n) is 12.1. The van der Waals surface area contributed by atoms with E-state index in [1.165, 1.54) is 11.1 Å². The lowest BCUT2D eigenvalue weighted by molar-refractivity contribution is -0.118.